The van der Waals surface area contributed by atoms with Gasteiger partial charge in [0.25, 0.3) is 5.56 Å². The van der Waals surface area contributed by atoms with Crippen molar-refractivity contribution in [1.29, 1.82) is 0 Å². The molecule has 3 rings (SSSR count). The van der Waals surface area contributed by atoms with Gasteiger partial charge in [-0.1, -0.05) is 38.4 Å². The summed E-state index contributed by atoms with van der Waals surface area (Å²) in [5.74, 6) is -0.760. The smallest absolute Gasteiger partial charge is 0.251 e. The highest BCUT2D eigenvalue weighted by atomic mass is 35.5. The highest BCUT2D eigenvalue weighted by Crippen LogP contribution is 2.33. The average Bonchev–Trinajstić information content (AvgIpc) is 2.81. The van der Waals surface area contributed by atoms with Gasteiger partial charge in [0, 0.05) is 18.1 Å². The molecule has 0 aliphatic heterocycles. The Bertz CT molecular complexity index is 1250. The first kappa shape index (κ1) is 26.3. The number of nitrogens with zero attached hydrogens (tertiary/aromatic N) is 2. The molecule has 3 aromatic rings. The van der Waals surface area contributed by atoms with Crippen molar-refractivity contribution in [2.75, 3.05) is 19.8 Å². The number of nitrogens with one attached hydrogen (secondary N) is 1. The van der Waals surface area contributed by atoms with Crippen LogP contribution in [0, 0.1) is 11.2 Å². The van der Waals surface area contributed by atoms with E-state index in [4.69, 9.17) is 26.8 Å². The van der Waals surface area contributed by atoms with Crippen molar-refractivity contribution in [3.05, 3.63) is 63.3 Å². The molecule has 1 amide bonds. The summed E-state index contributed by atoms with van der Waals surface area (Å²) < 4.78 is 26.4. The van der Waals surface area contributed by atoms with E-state index in [1.54, 1.807) is 26.0 Å². The lowest BCUT2D eigenvalue weighted by Crippen LogP contribution is -2.33. The average molecular weight is 503 g/mol. The number of nitrogens with two attached hydrogens (primary N) is 1. The summed E-state index contributed by atoms with van der Waals surface area (Å²) in [6, 6.07) is 7.59. The van der Waals surface area contributed by atoms with Crippen LogP contribution in [0.5, 0.6) is 5.75 Å². The molecule has 3 N–H and O–H groups in total. The molecule has 0 spiro atoms. The summed E-state index contributed by atoms with van der Waals surface area (Å²) in [5.41, 5.74) is 4.74. The van der Waals surface area contributed by atoms with E-state index in [0.717, 1.165) is 6.42 Å². The van der Waals surface area contributed by atoms with Gasteiger partial charge >= 0.3 is 0 Å². The normalized spacial score (nSPS) is 11.5. The van der Waals surface area contributed by atoms with E-state index in [2.05, 4.69) is 15.0 Å². The molecule has 0 saturated heterocycles. The van der Waals surface area contributed by atoms with E-state index < -0.39 is 22.7 Å². The zero-order valence-electron chi connectivity index (χ0n) is 19.9. The minimum atomic E-state index is -0.982. The molecule has 0 radical (unpaired) electrons. The Morgan fingerprint density at radius 1 is 1.17 bits per heavy atom. The maximum Gasteiger partial charge on any atom is 0.251 e. The summed E-state index contributed by atoms with van der Waals surface area (Å²) >= 11 is 6.29. The largest absolute Gasteiger partial charge is 0.490 e. The van der Waals surface area contributed by atoms with Gasteiger partial charge in [0.2, 0.25) is 5.91 Å². The van der Waals surface area contributed by atoms with Crippen LogP contribution in [0.4, 0.5) is 4.39 Å². The number of benzene rings is 1. The highest BCUT2D eigenvalue weighted by Gasteiger charge is 2.28. The lowest BCUT2D eigenvalue weighted by atomic mass is 9.84. The van der Waals surface area contributed by atoms with E-state index in [9.17, 15) is 9.59 Å². The van der Waals surface area contributed by atoms with Crippen molar-refractivity contribution in [3.8, 4) is 28.5 Å². The summed E-state index contributed by atoms with van der Waals surface area (Å²) in [6.45, 7) is 6.81. The Morgan fingerprint density at radius 2 is 1.94 bits per heavy atom. The van der Waals surface area contributed by atoms with Crippen molar-refractivity contribution in [2.45, 2.75) is 33.6 Å². The molecule has 2 aromatic heterocycles. The van der Waals surface area contributed by atoms with Crippen molar-refractivity contribution in [2.24, 2.45) is 11.1 Å². The Labute approximate surface area is 207 Å². The van der Waals surface area contributed by atoms with Gasteiger partial charge in [-0.25, -0.2) is 9.37 Å². The summed E-state index contributed by atoms with van der Waals surface area (Å²) in [4.78, 5) is 35.4. The molecule has 0 atom stereocenters. The van der Waals surface area contributed by atoms with Crippen molar-refractivity contribution in [1.82, 2.24) is 15.0 Å². The Morgan fingerprint density at radius 3 is 2.60 bits per heavy atom. The maximum absolute atomic E-state index is 15.5. The number of halogens is 2. The van der Waals surface area contributed by atoms with Gasteiger partial charge < -0.3 is 20.2 Å². The number of amides is 1. The number of carbonyl (C=O) groups excluding carboxylic acids is 1. The predicted octanol–water partition coefficient (Wildman–Crippen LogP) is 4.15. The van der Waals surface area contributed by atoms with Gasteiger partial charge in [-0.2, -0.15) is 0 Å². The summed E-state index contributed by atoms with van der Waals surface area (Å²) in [6.07, 6.45) is 2.50. The lowest BCUT2D eigenvalue weighted by molar-refractivity contribution is -0.125. The zero-order valence-corrected chi connectivity index (χ0v) is 20.6. The molecule has 35 heavy (non-hydrogen) atoms. The Kier molecular flexibility index (Phi) is 8.58. The van der Waals surface area contributed by atoms with Gasteiger partial charge in [-0.3, -0.25) is 14.6 Å². The van der Waals surface area contributed by atoms with E-state index in [1.165, 1.54) is 24.4 Å². The van der Waals surface area contributed by atoms with Gasteiger partial charge in [0.1, 0.15) is 24.0 Å². The van der Waals surface area contributed by atoms with E-state index in [0.29, 0.717) is 31.3 Å². The number of aromatic amines is 1. The molecule has 0 bridgehead atoms. The molecule has 0 fully saturated rings. The molecular formula is C25H28ClFN4O4. The molecule has 186 valence electrons. The number of hydrogen-bond donors (Lipinski definition) is 2. The zero-order chi connectivity index (χ0) is 25.6. The van der Waals surface area contributed by atoms with Crippen LogP contribution >= 0.6 is 11.6 Å². The number of carbonyl (C=O) groups is 1. The number of pyridine rings is 1. The van der Waals surface area contributed by atoms with Crippen molar-refractivity contribution in [3.63, 3.8) is 0 Å². The van der Waals surface area contributed by atoms with Gasteiger partial charge in [-0.05, 0) is 36.6 Å². The van der Waals surface area contributed by atoms with E-state index in [1.807, 2.05) is 6.92 Å². The lowest BCUT2D eigenvalue weighted by Gasteiger charge is -2.21. The van der Waals surface area contributed by atoms with Crippen LogP contribution in [0.15, 0.2) is 41.3 Å². The molecule has 0 aliphatic carbocycles. The van der Waals surface area contributed by atoms with Crippen LogP contribution in [0.1, 0.15) is 32.8 Å². The molecule has 2 heterocycles. The maximum atomic E-state index is 15.5. The number of ether oxygens (including phenoxy) is 2. The molecule has 0 unspecified atom stereocenters. The van der Waals surface area contributed by atoms with Crippen LogP contribution in [-0.2, 0) is 16.0 Å². The standard InChI is InChI=1S/C25H28ClFN4O4/c1-4-9-34-10-11-35-16-6-8-18(29-14-16)19-12-20(32)31-23(30-19)21-17(26)7-5-15(22(21)27)13-25(2,3)24(28)33/h5-8,12,14H,4,9-11,13H2,1-3H3,(H2,28,33)(H,30,31,32). The first-order valence-electron chi connectivity index (χ1n) is 11.2. The fraction of sp³-hybridized carbons (Fsp3) is 0.360. The fourth-order valence-electron chi connectivity index (χ4n) is 3.30. The third kappa shape index (κ3) is 6.64. The van der Waals surface area contributed by atoms with Gasteiger partial charge in [-0.15, -0.1) is 0 Å². The minimum Gasteiger partial charge on any atom is -0.490 e. The molecule has 0 saturated carbocycles. The molecule has 10 heteroatoms. The molecule has 1 aromatic carbocycles. The highest BCUT2D eigenvalue weighted by molar-refractivity contribution is 6.33. The predicted molar refractivity (Wildman–Crippen MR) is 132 cm³/mol. The third-order valence-corrected chi connectivity index (χ3v) is 5.61. The minimum absolute atomic E-state index is 0.0504. The van der Waals surface area contributed by atoms with Crippen LogP contribution in [-0.4, -0.2) is 40.7 Å². The second-order valence-corrected chi connectivity index (χ2v) is 9.05. The van der Waals surface area contributed by atoms with Gasteiger partial charge in [0.15, 0.2) is 0 Å². The van der Waals surface area contributed by atoms with Gasteiger partial charge in [0.05, 0.1) is 34.8 Å². The molecule has 8 nitrogen and oxygen atoms in total. The quantitative estimate of drug-likeness (QED) is 0.380. The first-order valence-corrected chi connectivity index (χ1v) is 11.6. The Balaban J connectivity index is 1.89. The summed E-state index contributed by atoms with van der Waals surface area (Å²) in [5, 5.41) is 0.0606. The van der Waals surface area contributed by atoms with Crippen LogP contribution in [0.3, 0.4) is 0 Å². The van der Waals surface area contributed by atoms with Crippen molar-refractivity contribution < 1.29 is 18.7 Å². The SMILES string of the molecule is CCCOCCOc1ccc(-c2cc(=O)[nH]c(-c3c(Cl)ccc(CC(C)(C)C(N)=O)c3F)n2)nc1. The number of hydrogen-bond acceptors (Lipinski definition) is 6. The number of aromatic nitrogens is 3. The van der Waals surface area contributed by atoms with E-state index in [-0.39, 0.29) is 34.1 Å². The summed E-state index contributed by atoms with van der Waals surface area (Å²) in [7, 11) is 0. The van der Waals surface area contributed by atoms with Crippen LogP contribution in [0.2, 0.25) is 5.02 Å². The second kappa shape index (κ2) is 11.4. The first-order chi connectivity index (χ1) is 16.6. The second-order valence-electron chi connectivity index (χ2n) is 8.64. The number of primary amides is 1. The third-order valence-electron chi connectivity index (χ3n) is 5.29. The van der Waals surface area contributed by atoms with Crippen LogP contribution in [0.25, 0.3) is 22.8 Å². The number of H-pyrrole nitrogens is 1. The monoisotopic (exact) mass is 502 g/mol. The van der Waals surface area contributed by atoms with E-state index >= 15 is 4.39 Å². The fourth-order valence-corrected chi connectivity index (χ4v) is 3.54. The topological polar surface area (TPSA) is 120 Å². The Hall–Kier alpha value is -3.30. The van der Waals surface area contributed by atoms with Crippen molar-refractivity contribution >= 4 is 17.5 Å². The number of rotatable bonds is 11. The molecule has 0 aliphatic rings. The molecular weight excluding hydrogens is 475 g/mol. The van der Waals surface area contributed by atoms with Crippen LogP contribution < -0.4 is 16.0 Å².